The average molecular weight is 305 g/mol. The number of fused-ring (bicyclic) bond motifs is 1. The van der Waals surface area contributed by atoms with E-state index >= 15 is 0 Å². The van der Waals surface area contributed by atoms with E-state index in [0.717, 1.165) is 15.7 Å². The van der Waals surface area contributed by atoms with Crippen LogP contribution in [0.15, 0.2) is 34.9 Å². The Balaban J connectivity index is 2.21. The molecule has 1 aromatic carbocycles. The first-order valence-corrected chi connectivity index (χ1v) is 6.40. The Hall–Kier alpha value is -1.75. The molecule has 2 heterocycles. The van der Waals surface area contributed by atoms with Gasteiger partial charge in [0.25, 0.3) is 0 Å². The molecule has 2 aromatic heterocycles. The van der Waals surface area contributed by atoms with Gasteiger partial charge in [-0.15, -0.1) is 0 Å². The number of halogens is 1. The van der Waals surface area contributed by atoms with Crippen molar-refractivity contribution in [1.82, 2.24) is 14.3 Å². The molecule has 0 aliphatic rings. The summed E-state index contributed by atoms with van der Waals surface area (Å²) >= 11 is 3.57. The van der Waals surface area contributed by atoms with Gasteiger partial charge in [-0.1, -0.05) is 6.07 Å². The van der Waals surface area contributed by atoms with Gasteiger partial charge in [-0.2, -0.15) is 5.10 Å². The molecular weight excluding hydrogens is 292 g/mol. The molecule has 18 heavy (non-hydrogen) atoms. The van der Waals surface area contributed by atoms with E-state index in [1.165, 1.54) is 10.9 Å². The minimum atomic E-state index is 0.664. The maximum absolute atomic E-state index is 5.81. The molecule has 3 rings (SSSR count). The summed E-state index contributed by atoms with van der Waals surface area (Å²) in [6, 6.07) is 8.18. The van der Waals surface area contributed by atoms with Crippen molar-refractivity contribution in [3.8, 4) is 11.3 Å². The highest BCUT2D eigenvalue weighted by molar-refractivity contribution is 9.10. The van der Waals surface area contributed by atoms with E-state index in [4.69, 9.17) is 5.73 Å². The number of aryl methyl sites for hydroxylation is 2. The zero-order valence-corrected chi connectivity index (χ0v) is 11.8. The van der Waals surface area contributed by atoms with Crippen molar-refractivity contribution >= 4 is 32.7 Å². The lowest BCUT2D eigenvalue weighted by Gasteiger charge is -1.99. The van der Waals surface area contributed by atoms with Crippen LogP contribution < -0.4 is 5.73 Å². The van der Waals surface area contributed by atoms with Crippen molar-refractivity contribution in [3.63, 3.8) is 0 Å². The Morgan fingerprint density at radius 2 is 2.00 bits per heavy atom. The van der Waals surface area contributed by atoms with Gasteiger partial charge in [-0.3, -0.25) is 4.68 Å². The van der Waals surface area contributed by atoms with Crippen molar-refractivity contribution < 1.29 is 0 Å². The van der Waals surface area contributed by atoms with E-state index in [2.05, 4.69) is 50.0 Å². The van der Waals surface area contributed by atoms with Crippen molar-refractivity contribution in [1.29, 1.82) is 0 Å². The first-order chi connectivity index (χ1) is 8.56. The fourth-order valence-electron chi connectivity index (χ4n) is 2.13. The number of rotatable bonds is 1. The SMILES string of the molecule is Cn1nc(-c2ccc3c(c2)c(Br)cn3C)cc1N. The number of aromatic nitrogens is 3. The topological polar surface area (TPSA) is 48.8 Å². The van der Waals surface area contributed by atoms with Crippen LogP contribution in [0.1, 0.15) is 0 Å². The van der Waals surface area contributed by atoms with Gasteiger partial charge in [-0.05, 0) is 28.1 Å². The standard InChI is InChI=1S/C13H13BrN4/c1-17-7-10(14)9-5-8(3-4-12(9)17)11-6-13(15)18(2)16-11/h3-7H,15H2,1-2H3. The molecule has 4 nitrogen and oxygen atoms in total. The van der Waals surface area contributed by atoms with Crippen molar-refractivity contribution in [2.75, 3.05) is 5.73 Å². The van der Waals surface area contributed by atoms with E-state index in [9.17, 15) is 0 Å². The lowest BCUT2D eigenvalue weighted by atomic mass is 10.1. The van der Waals surface area contributed by atoms with E-state index in [0.29, 0.717) is 5.82 Å². The molecule has 0 bridgehead atoms. The van der Waals surface area contributed by atoms with Crippen LogP contribution in [0.4, 0.5) is 5.82 Å². The largest absolute Gasteiger partial charge is 0.384 e. The molecule has 3 aromatic rings. The summed E-state index contributed by atoms with van der Waals surface area (Å²) in [7, 11) is 3.88. The van der Waals surface area contributed by atoms with Crippen LogP contribution in [-0.2, 0) is 14.1 Å². The van der Waals surface area contributed by atoms with Gasteiger partial charge >= 0.3 is 0 Å². The third-order valence-corrected chi connectivity index (χ3v) is 3.78. The van der Waals surface area contributed by atoms with Gasteiger partial charge < -0.3 is 10.3 Å². The van der Waals surface area contributed by atoms with E-state index in [1.807, 2.05) is 20.2 Å². The zero-order valence-electron chi connectivity index (χ0n) is 10.2. The lowest BCUT2D eigenvalue weighted by molar-refractivity contribution is 0.782. The molecule has 2 N–H and O–H groups in total. The Morgan fingerprint density at radius 3 is 2.67 bits per heavy atom. The van der Waals surface area contributed by atoms with Crippen LogP contribution >= 0.6 is 15.9 Å². The summed E-state index contributed by atoms with van der Waals surface area (Å²) in [6.45, 7) is 0. The van der Waals surface area contributed by atoms with Crippen LogP contribution in [0, 0.1) is 0 Å². The van der Waals surface area contributed by atoms with Gasteiger partial charge in [0.2, 0.25) is 0 Å². The fraction of sp³-hybridized carbons (Fsp3) is 0.154. The second-order valence-electron chi connectivity index (χ2n) is 4.40. The second-order valence-corrected chi connectivity index (χ2v) is 5.25. The average Bonchev–Trinajstić information content (AvgIpc) is 2.81. The Labute approximate surface area is 113 Å². The number of hydrogen-bond acceptors (Lipinski definition) is 2. The second kappa shape index (κ2) is 3.88. The van der Waals surface area contributed by atoms with Gasteiger partial charge in [-0.25, -0.2) is 0 Å². The van der Waals surface area contributed by atoms with E-state index in [-0.39, 0.29) is 0 Å². The summed E-state index contributed by atoms with van der Waals surface area (Å²) < 4.78 is 4.86. The number of benzene rings is 1. The van der Waals surface area contributed by atoms with Gasteiger partial charge in [0, 0.05) is 47.3 Å². The van der Waals surface area contributed by atoms with Crippen LogP contribution in [0.2, 0.25) is 0 Å². The maximum Gasteiger partial charge on any atom is 0.121 e. The zero-order chi connectivity index (χ0) is 12.9. The number of nitrogen functional groups attached to an aromatic ring is 1. The molecule has 0 spiro atoms. The van der Waals surface area contributed by atoms with Crippen LogP contribution in [0.25, 0.3) is 22.2 Å². The summed E-state index contributed by atoms with van der Waals surface area (Å²) in [5.74, 6) is 0.664. The smallest absolute Gasteiger partial charge is 0.121 e. The minimum absolute atomic E-state index is 0.664. The molecular formula is C13H13BrN4. The monoisotopic (exact) mass is 304 g/mol. The molecule has 5 heteroatoms. The number of hydrogen-bond donors (Lipinski definition) is 1. The van der Waals surface area contributed by atoms with Crippen LogP contribution in [-0.4, -0.2) is 14.3 Å². The predicted octanol–water partition coefficient (Wildman–Crippen LogP) is 2.92. The molecule has 0 aliphatic carbocycles. The summed E-state index contributed by atoms with van der Waals surface area (Å²) in [4.78, 5) is 0. The Kier molecular flexibility index (Phi) is 2.45. The van der Waals surface area contributed by atoms with Crippen LogP contribution in [0.5, 0.6) is 0 Å². The van der Waals surface area contributed by atoms with Crippen molar-refractivity contribution in [2.45, 2.75) is 0 Å². The van der Waals surface area contributed by atoms with Gasteiger partial charge in [0.15, 0.2) is 0 Å². The Bertz CT molecular complexity index is 719. The highest BCUT2D eigenvalue weighted by Gasteiger charge is 2.09. The molecule has 0 aliphatic heterocycles. The summed E-state index contributed by atoms with van der Waals surface area (Å²) in [6.07, 6.45) is 2.06. The lowest BCUT2D eigenvalue weighted by Crippen LogP contribution is -1.96. The highest BCUT2D eigenvalue weighted by Crippen LogP contribution is 2.30. The summed E-state index contributed by atoms with van der Waals surface area (Å²) in [5, 5.41) is 5.57. The molecule has 0 unspecified atom stereocenters. The first kappa shape index (κ1) is 11.3. The number of nitrogens with two attached hydrogens (primary N) is 1. The van der Waals surface area contributed by atoms with E-state index in [1.54, 1.807) is 4.68 Å². The predicted molar refractivity (Wildman–Crippen MR) is 77.2 cm³/mol. The number of nitrogens with zero attached hydrogens (tertiary/aromatic N) is 3. The molecule has 0 radical (unpaired) electrons. The summed E-state index contributed by atoms with van der Waals surface area (Å²) in [5.41, 5.74) is 8.97. The molecule has 92 valence electrons. The fourth-order valence-corrected chi connectivity index (χ4v) is 2.75. The number of anilines is 1. The third-order valence-electron chi connectivity index (χ3n) is 3.15. The minimum Gasteiger partial charge on any atom is -0.384 e. The molecule has 0 fully saturated rings. The van der Waals surface area contributed by atoms with Crippen molar-refractivity contribution in [3.05, 3.63) is 34.9 Å². The molecule has 0 atom stereocenters. The van der Waals surface area contributed by atoms with E-state index < -0.39 is 0 Å². The molecule has 0 amide bonds. The first-order valence-electron chi connectivity index (χ1n) is 5.61. The van der Waals surface area contributed by atoms with Crippen molar-refractivity contribution in [2.24, 2.45) is 14.1 Å². The normalized spacial score (nSPS) is 11.3. The Morgan fingerprint density at radius 1 is 1.22 bits per heavy atom. The molecule has 0 saturated heterocycles. The van der Waals surface area contributed by atoms with Gasteiger partial charge in [0.05, 0.1) is 5.69 Å². The quantitative estimate of drug-likeness (QED) is 0.751. The van der Waals surface area contributed by atoms with Gasteiger partial charge in [0.1, 0.15) is 5.82 Å². The third kappa shape index (κ3) is 1.62. The maximum atomic E-state index is 5.81. The molecule has 0 saturated carbocycles. The highest BCUT2D eigenvalue weighted by atomic mass is 79.9. The van der Waals surface area contributed by atoms with Crippen LogP contribution in [0.3, 0.4) is 0 Å².